The topological polar surface area (TPSA) is 96.9 Å². The molecule has 2 aromatic rings. The molecule has 0 aliphatic carbocycles. The predicted octanol–water partition coefficient (Wildman–Crippen LogP) is 6.09. The Balaban J connectivity index is 1.95. The molecule has 0 bridgehead atoms. The van der Waals surface area contributed by atoms with Gasteiger partial charge in [-0.25, -0.2) is 9.59 Å². The highest BCUT2D eigenvalue weighted by Gasteiger charge is 2.29. The van der Waals surface area contributed by atoms with E-state index in [0.717, 1.165) is 30.4 Å². The van der Waals surface area contributed by atoms with Crippen LogP contribution in [0.3, 0.4) is 0 Å². The van der Waals surface area contributed by atoms with Gasteiger partial charge in [-0.15, -0.1) is 0 Å². The van der Waals surface area contributed by atoms with Gasteiger partial charge in [0.25, 0.3) is 0 Å². The Hall–Kier alpha value is -3.06. The maximum atomic E-state index is 12.4. The highest BCUT2D eigenvalue weighted by Crippen LogP contribution is 2.22. The number of benzene rings is 2. The molecule has 2 unspecified atom stereocenters. The third kappa shape index (κ3) is 11.7. The molecule has 2 rings (SSSR count). The van der Waals surface area contributed by atoms with Crippen LogP contribution in [0.5, 0.6) is 0 Å². The standard InChI is InChI=1S/C30H44N2O5/c1-28(2,3)36-26(34)31-25(24-13-9-8-10-14-24)15-11-12-22-16-18-23(19-17-22)20-30(7,21-33)32-27(35)37-29(4,5)6/h8-10,13-14,16-19,25,33H,11-12,15,20-21H2,1-7H3,(H,31,34)(H,32,35). The number of hydrogen-bond donors (Lipinski definition) is 3. The second kappa shape index (κ2) is 13.0. The van der Waals surface area contributed by atoms with E-state index >= 15 is 0 Å². The molecule has 0 aromatic heterocycles. The highest BCUT2D eigenvalue weighted by atomic mass is 16.6. The van der Waals surface area contributed by atoms with Gasteiger partial charge in [-0.1, -0.05) is 54.6 Å². The first-order valence-corrected chi connectivity index (χ1v) is 12.9. The van der Waals surface area contributed by atoms with Crippen molar-refractivity contribution in [1.82, 2.24) is 10.6 Å². The second-order valence-electron chi connectivity index (χ2n) is 11.8. The Kier molecular flexibility index (Phi) is 10.6. The fourth-order valence-electron chi connectivity index (χ4n) is 3.93. The quantitative estimate of drug-likeness (QED) is 0.358. The summed E-state index contributed by atoms with van der Waals surface area (Å²) >= 11 is 0. The number of carbonyl (C=O) groups is 2. The van der Waals surface area contributed by atoms with Gasteiger partial charge in [-0.2, -0.15) is 0 Å². The van der Waals surface area contributed by atoms with Crippen molar-refractivity contribution in [3.8, 4) is 0 Å². The summed E-state index contributed by atoms with van der Waals surface area (Å²) in [6.07, 6.45) is 2.01. The van der Waals surface area contributed by atoms with E-state index in [2.05, 4.69) is 22.8 Å². The van der Waals surface area contributed by atoms with Crippen molar-refractivity contribution in [3.63, 3.8) is 0 Å². The van der Waals surface area contributed by atoms with Crippen molar-refractivity contribution in [2.45, 2.75) is 96.9 Å². The summed E-state index contributed by atoms with van der Waals surface area (Å²) in [7, 11) is 0. The zero-order valence-corrected chi connectivity index (χ0v) is 23.4. The molecule has 2 atom stereocenters. The number of hydrogen-bond acceptors (Lipinski definition) is 5. The van der Waals surface area contributed by atoms with Crippen LogP contribution in [0.15, 0.2) is 54.6 Å². The average Bonchev–Trinajstić information content (AvgIpc) is 2.77. The molecule has 0 saturated carbocycles. The molecule has 7 nitrogen and oxygen atoms in total. The monoisotopic (exact) mass is 512 g/mol. The number of nitrogens with one attached hydrogen (secondary N) is 2. The van der Waals surface area contributed by atoms with Gasteiger partial charge in [0, 0.05) is 0 Å². The highest BCUT2D eigenvalue weighted by molar-refractivity contribution is 5.69. The van der Waals surface area contributed by atoms with Crippen LogP contribution in [0.25, 0.3) is 0 Å². The second-order valence-corrected chi connectivity index (χ2v) is 11.8. The molecule has 3 N–H and O–H groups in total. The Morgan fingerprint density at radius 2 is 1.35 bits per heavy atom. The lowest BCUT2D eigenvalue weighted by atomic mass is 9.92. The van der Waals surface area contributed by atoms with E-state index in [1.807, 2.05) is 63.2 Å². The number of aryl methyl sites for hydroxylation is 1. The molecule has 2 aromatic carbocycles. The first-order chi connectivity index (χ1) is 17.2. The van der Waals surface area contributed by atoms with E-state index in [1.165, 1.54) is 5.56 Å². The molecule has 0 fully saturated rings. The van der Waals surface area contributed by atoms with Crippen LogP contribution in [0.1, 0.15) is 84.0 Å². The van der Waals surface area contributed by atoms with Gasteiger partial charge in [0.15, 0.2) is 0 Å². The summed E-state index contributed by atoms with van der Waals surface area (Å²) < 4.78 is 10.8. The molecule has 204 valence electrons. The summed E-state index contributed by atoms with van der Waals surface area (Å²) in [4.78, 5) is 24.6. The maximum Gasteiger partial charge on any atom is 0.408 e. The van der Waals surface area contributed by atoms with Gasteiger partial charge < -0.3 is 25.2 Å². The van der Waals surface area contributed by atoms with Crippen LogP contribution in [0, 0.1) is 0 Å². The van der Waals surface area contributed by atoms with E-state index < -0.39 is 28.9 Å². The summed E-state index contributed by atoms with van der Waals surface area (Å²) in [6.45, 7) is 12.6. The SMILES string of the molecule is CC(CO)(Cc1ccc(CCCC(NC(=O)OC(C)(C)C)c2ccccc2)cc1)NC(=O)OC(C)(C)C. The number of ether oxygens (including phenoxy) is 2. The minimum Gasteiger partial charge on any atom is -0.444 e. The average molecular weight is 513 g/mol. The van der Waals surface area contributed by atoms with Gasteiger partial charge in [0.05, 0.1) is 18.2 Å². The normalized spacial score (nSPS) is 14.3. The molecular weight excluding hydrogens is 468 g/mol. The summed E-state index contributed by atoms with van der Waals surface area (Å²) in [5, 5.41) is 15.7. The van der Waals surface area contributed by atoms with Crippen molar-refractivity contribution >= 4 is 12.2 Å². The van der Waals surface area contributed by atoms with Gasteiger partial charge in [0.2, 0.25) is 0 Å². The van der Waals surface area contributed by atoms with Crippen LogP contribution in [0.4, 0.5) is 9.59 Å². The number of alkyl carbamates (subject to hydrolysis) is 2. The molecule has 0 radical (unpaired) electrons. The molecule has 0 spiro atoms. The molecular formula is C30H44N2O5. The minimum absolute atomic E-state index is 0.139. The summed E-state index contributed by atoms with van der Waals surface area (Å²) in [5.74, 6) is 0. The van der Waals surface area contributed by atoms with Crippen molar-refractivity contribution in [2.24, 2.45) is 0 Å². The summed E-state index contributed by atoms with van der Waals surface area (Å²) in [6, 6.07) is 18.0. The lowest BCUT2D eigenvalue weighted by molar-refractivity contribution is 0.0414. The third-order valence-corrected chi connectivity index (χ3v) is 5.62. The number of aliphatic hydroxyl groups is 1. The van der Waals surface area contributed by atoms with E-state index in [1.54, 1.807) is 27.7 Å². The van der Waals surface area contributed by atoms with E-state index in [-0.39, 0.29) is 12.6 Å². The van der Waals surface area contributed by atoms with Crippen molar-refractivity contribution in [1.29, 1.82) is 0 Å². The zero-order valence-electron chi connectivity index (χ0n) is 23.4. The fourth-order valence-corrected chi connectivity index (χ4v) is 3.93. The smallest absolute Gasteiger partial charge is 0.408 e. The lowest BCUT2D eigenvalue weighted by Gasteiger charge is -2.30. The van der Waals surface area contributed by atoms with Gasteiger partial charge in [-0.3, -0.25) is 0 Å². The van der Waals surface area contributed by atoms with Crippen molar-refractivity contribution in [3.05, 3.63) is 71.3 Å². The minimum atomic E-state index is -0.833. The van der Waals surface area contributed by atoms with Crippen molar-refractivity contribution in [2.75, 3.05) is 6.61 Å². The maximum absolute atomic E-state index is 12.4. The number of carbonyl (C=O) groups excluding carboxylic acids is 2. The van der Waals surface area contributed by atoms with Crippen LogP contribution in [0.2, 0.25) is 0 Å². The van der Waals surface area contributed by atoms with Gasteiger partial charge in [0.1, 0.15) is 11.2 Å². The van der Waals surface area contributed by atoms with Crippen LogP contribution in [-0.2, 0) is 22.3 Å². The van der Waals surface area contributed by atoms with Crippen LogP contribution in [-0.4, -0.2) is 40.6 Å². The van der Waals surface area contributed by atoms with Crippen LogP contribution < -0.4 is 10.6 Å². The molecule has 7 heteroatoms. The summed E-state index contributed by atoms with van der Waals surface area (Å²) in [5.41, 5.74) is 1.24. The number of aliphatic hydroxyl groups excluding tert-OH is 1. The molecule has 0 aliphatic heterocycles. The number of rotatable bonds is 10. The van der Waals surface area contributed by atoms with E-state index in [4.69, 9.17) is 9.47 Å². The first kappa shape index (κ1) is 30.2. The van der Waals surface area contributed by atoms with Crippen molar-refractivity contribution < 1.29 is 24.2 Å². The van der Waals surface area contributed by atoms with Gasteiger partial charge in [-0.05, 0) is 90.8 Å². The molecule has 0 aliphatic rings. The largest absolute Gasteiger partial charge is 0.444 e. The Labute approximate surface area is 222 Å². The Morgan fingerprint density at radius 3 is 1.89 bits per heavy atom. The lowest BCUT2D eigenvalue weighted by Crippen LogP contribution is -2.52. The van der Waals surface area contributed by atoms with Gasteiger partial charge >= 0.3 is 12.2 Å². The van der Waals surface area contributed by atoms with E-state index in [0.29, 0.717) is 6.42 Å². The first-order valence-electron chi connectivity index (χ1n) is 12.9. The van der Waals surface area contributed by atoms with E-state index in [9.17, 15) is 14.7 Å². The predicted molar refractivity (Wildman–Crippen MR) is 146 cm³/mol. The molecule has 2 amide bonds. The Bertz CT molecular complexity index is 993. The molecule has 0 saturated heterocycles. The fraction of sp³-hybridized carbons (Fsp3) is 0.533. The zero-order chi connectivity index (χ0) is 27.7. The molecule has 37 heavy (non-hydrogen) atoms. The molecule has 0 heterocycles. The third-order valence-electron chi connectivity index (χ3n) is 5.62. The number of amides is 2. The Morgan fingerprint density at radius 1 is 0.811 bits per heavy atom. The van der Waals surface area contributed by atoms with Crippen LogP contribution >= 0.6 is 0 Å².